The van der Waals surface area contributed by atoms with E-state index in [-0.39, 0.29) is 0 Å². The van der Waals surface area contributed by atoms with Gasteiger partial charge in [-0.2, -0.15) is 0 Å². The van der Waals surface area contributed by atoms with Crippen molar-refractivity contribution in [3.05, 3.63) is 402 Å². The molecular weight excluding hydrogens is 1090 g/mol. The summed E-state index contributed by atoms with van der Waals surface area (Å²) in [7, 11) is 0. The molecule has 0 bridgehead atoms. The van der Waals surface area contributed by atoms with Crippen molar-refractivity contribution in [2.75, 3.05) is 0 Å². The van der Waals surface area contributed by atoms with Gasteiger partial charge in [-0.3, -0.25) is 0 Å². The maximum Gasteiger partial charge on any atom is 0.141 e. The first-order valence-electron chi connectivity index (χ1n) is 27.0. The van der Waals surface area contributed by atoms with Gasteiger partial charge in [0, 0.05) is 20.1 Å². The fourth-order valence-corrected chi connectivity index (χ4v) is 15.4. The molecule has 0 unspecified atom stereocenters. The molecule has 0 fully saturated rings. The number of hydrogen-bond acceptors (Lipinski definition) is 1. The Labute approximate surface area is 479 Å². The standard InChI is InChI=1S/C38H27BrO.C38H25Br/c39-36-26-14-8-20-30(36)29-19-7-9-21-31(29)38(40)34-24-12-10-22-32(34)37(27-15-3-1-4-16-27,28-17-5-2-6-18-28)33-23-11-13-25-35(33)38;39-35-25-13-24-34-36(35)28-18-7-8-19-29(28)38(34)32-22-11-9-20-30(32)37(26-14-3-1-4-15-26,27-16-5-2-6-17-27)31-21-10-12-23-33(31)38/h1-26,40H;1-25H. The van der Waals surface area contributed by atoms with Crippen LogP contribution in [0.4, 0.5) is 0 Å². The summed E-state index contributed by atoms with van der Waals surface area (Å²) in [4.78, 5) is 0. The minimum Gasteiger partial charge on any atom is -0.376 e. The van der Waals surface area contributed by atoms with Gasteiger partial charge in [0.25, 0.3) is 0 Å². The highest BCUT2D eigenvalue weighted by atomic mass is 79.9. The number of rotatable bonds is 6. The summed E-state index contributed by atoms with van der Waals surface area (Å²) in [6.45, 7) is 0. The first kappa shape index (κ1) is 48.9. The fourth-order valence-electron chi connectivity index (χ4n) is 14.3. The second-order valence-corrected chi connectivity index (χ2v) is 22.5. The molecule has 15 rings (SSSR count). The highest BCUT2D eigenvalue weighted by Crippen LogP contribution is 2.65. The summed E-state index contributed by atoms with van der Waals surface area (Å²) < 4.78 is 2.13. The zero-order chi connectivity index (χ0) is 53.2. The Kier molecular flexibility index (Phi) is 12.1. The Morgan fingerprint density at radius 2 is 0.481 bits per heavy atom. The first-order chi connectivity index (χ1) is 38.9. The van der Waals surface area contributed by atoms with Crippen molar-refractivity contribution in [1.82, 2.24) is 0 Å². The maximum absolute atomic E-state index is 13.3. The van der Waals surface area contributed by atoms with Crippen LogP contribution in [0.15, 0.2) is 318 Å². The van der Waals surface area contributed by atoms with E-state index in [1.807, 2.05) is 36.4 Å². The van der Waals surface area contributed by atoms with Gasteiger partial charge in [-0.1, -0.05) is 329 Å². The van der Waals surface area contributed by atoms with Crippen molar-refractivity contribution in [3.8, 4) is 22.3 Å². The maximum atomic E-state index is 13.3. The Hall–Kier alpha value is -8.44. The minimum atomic E-state index is -1.38. The van der Waals surface area contributed by atoms with Crippen LogP contribution in [0.2, 0.25) is 0 Å². The van der Waals surface area contributed by atoms with Crippen LogP contribution in [0.25, 0.3) is 22.3 Å². The molecule has 0 atom stereocenters. The number of benzene rings is 12. The highest BCUT2D eigenvalue weighted by molar-refractivity contribution is 9.11. The monoisotopic (exact) mass is 1140 g/mol. The van der Waals surface area contributed by atoms with Crippen molar-refractivity contribution in [2.45, 2.75) is 21.8 Å². The van der Waals surface area contributed by atoms with E-state index in [4.69, 9.17) is 0 Å². The molecule has 0 saturated heterocycles. The molecule has 12 aromatic carbocycles. The third-order valence-electron chi connectivity index (χ3n) is 17.2. The Bertz CT molecular complexity index is 4070. The predicted molar refractivity (Wildman–Crippen MR) is 330 cm³/mol. The van der Waals surface area contributed by atoms with E-state index in [1.54, 1.807) is 0 Å². The van der Waals surface area contributed by atoms with E-state index in [2.05, 4.69) is 305 Å². The largest absolute Gasteiger partial charge is 0.376 e. The molecule has 0 radical (unpaired) electrons. The van der Waals surface area contributed by atoms with E-state index in [0.29, 0.717) is 0 Å². The lowest BCUT2D eigenvalue weighted by Gasteiger charge is -2.50. The molecule has 1 N–H and O–H groups in total. The molecule has 0 saturated carbocycles. The number of aliphatic hydroxyl groups is 1. The summed E-state index contributed by atoms with van der Waals surface area (Å²) in [5.74, 6) is 0. The lowest BCUT2D eigenvalue weighted by molar-refractivity contribution is 0.119. The van der Waals surface area contributed by atoms with Crippen molar-refractivity contribution in [1.29, 1.82) is 0 Å². The Morgan fingerprint density at radius 1 is 0.203 bits per heavy atom. The molecule has 1 spiro atoms. The van der Waals surface area contributed by atoms with Gasteiger partial charge >= 0.3 is 0 Å². The summed E-state index contributed by atoms with van der Waals surface area (Å²) in [5.41, 5.74) is 19.5. The van der Waals surface area contributed by atoms with Crippen LogP contribution >= 0.6 is 31.9 Å². The van der Waals surface area contributed by atoms with E-state index in [0.717, 1.165) is 47.9 Å². The molecule has 0 aliphatic heterocycles. The van der Waals surface area contributed by atoms with E-state index in [9.17, 15) is 5.11 Å². The van der Waals surface area contributed by atoms with Crippen molar-refractivity contribution in [3.63, 3.8) is 0 Å². The van der Waals surface area contributed by atoms with Gasteiger partial charge in [-0.05, 0) is 107 Å². The topological polar surface area (TPSA) is 20.2 Å². The SMILES string of the molecule is Brc1cccc2c1-c1ccccc1C21c2ccccc2C(c2ccccc2)(c2ccccc2)c2ccccc21.OC1(c2ccccc2-c2ccccc2Br)c2ccccc2C(c2ccccc2)(c2ccccc2)c2ccccc21. The van der Waals surface area contributed by atoms with Crippen LogP contribution in [0.5, 0.6) is 0 Å². The first-order valence-corrected chi connectivity index (χ1v) is 28.6. The van der Waals surface area contributed by atoms with Crippen molar-refractivity contribution >= 4 is 31.9 Å². The molecule has 3 aliphatic rings. The average molecular weight is 1140 g/mol. The third-order valence-corrected chi connectivity index (χ3v) is 18.6. The zero-order valence-corrected chi connectivity index (χ0v) is 46.3. The predicted octanol–water partition coefficient (Wildman–Crippen LogP) is 18.6. The smallest absolute Gasteiger partial charge is 0.141 e. The fraction of sp³-hybridized carbons (Fsp3) is 0.0526. The van der Waals surface area contributed by atoms with Crippen LogP contribution in [-0.4, -0.2) is 5.11 Å². The van der Waals surface area contributed by atoms with Gasteiger partial charge in [0.2, 0.25) is 0 Å². The molecule has 3 aliphatic carbocycles. The van der Waals surface area contributed by atoms with Gasteiger partial charge < -0.3 is 5.11 Å². The van der Waals surface area contributed by atoms with Gasteiger partial charge in [0.05, 0.1) is 16.2 Å². The lowest BCUT2D eigenvalue weighted by atomic mass is 9.51. The van der Waals surface area contributed by atoms with Crippen LogP contribution < -0.4 is 0 Å². The minimum absolute atomic E-state index is 0.421. The average Bonchev–Trinajstić information content (AvgIpc) is 3.97. The number of fused-ring (bicyclic) bond motifs is 11. The lowest BCUT2D eigenvalue weighted by Crippen LogP contribution is -2.45. The van der Waals surface area contributed by atoms with E-state index in [1.165, 1.54) is 66.8 Å². The molecule has 376 valence electrons. The molecule has 0 amide bonds. The number of hydrogen-bond donors (Lipinski definition) is 1. The Morgan fingerprint density at radius 3 is 0.899 bits per heavy atom. The molecule has 12 aromatic rings. The van der Waals surface area contributed by atoms with Crippen LogP contribution in [0, 0.1) is 0 Å². The molecule has 79 heavy (non-hydrogen) atoms. The van der Waals surface area contributed by atoms with E-state index >= 15 is 0 Å². The van der Waals surface area contributed by atoms with Crippen molar-refractivity contribution < 1.29 is 5.11 Å². The van der Waals surface area contributed by atoms with Gasteiger partial charge in [0.15, 0.2) is 0 Å². The van der Waals surface area contributed by atoms with Gasteiger partial charge in [-0.15, -0.1) is 0 Å². The molecule has 0 aromatic heterocycles. The van der Waals surface area contributed by atoms with Gasteiger partial charge in [0.1, 0.15) is 5.60 Å². The third kappa shape index (κ3) is 7.03. The van der Waals surface area contributed by atoms with Gasteiger partial charge in [-0.25, -0.2) is 0 Å². The summed E-state index contributed by atoms with van der Waals surface area (Å²) in [6, 6.07) is 111. The molecule has 0 heterocycles. The second-order valence-electron chi connectivity index (χ2n) is 20.8. The summed E-state index contributed by atoms with van der Waals surface area (Å²) >= 11 is 7.71. The van der Waals surface area contributed by atoms with Crippen molar-refractivity contribution in [2.24, 2.45) is 0 Å². The summed E-state index contributed by atoms with van der Waals surface area (Å²) in [6.07, 6.45) is 0. The normalized spacial score (nSPS) is 14.9. The Balaban J connectivity index is 0.000000143. The van der Waals surface area contributed by atoms with E-state index < -0.39 is 21.8 Å². The van der Waals surface area contributed by atoms with Crippen LogP contribution in [0.3, 0.4) is 0 Å². The molecule has 1 nitrogen and oxygen atoms in total. The van der Waals surface area contributed by atoms with Crippen LogP contribution in [0.1, 0.15) is 83.5 Å². The summed E-state index contributed by atoms with van der Waals surface area (Å²) in [5, 5.41) is 13.3. The quantitative estimate of drug-likeness (QED) is 0.176. The number of halogens is 2. The van der Waals surface area contributed by atoms with Crippen LogP contribution in [-0.2, 0) is 21.8 Å². The molecule has 3 heteroatoms. The highest BCUT2D eigenvalue weighted by Gasteiger charge is 2.57. The zero-order valence-electron chi connectivity index (χ0n) is 43.1. The second kappa shape index (κ2) is 19.5. The molecular formula is C76H52Br2O.